The zero-order valence-corrected chi connectivity index (χ0v) is 11.9. The third-order valence-corrected chi connectivity index (χ3v) is 3.31. The molecule has 2 rings (SSSR count). The van der Waals surface area contributed by atoms with Gasteiger partial charge in [0.2, 0.25) is 11.8 Å². The second-order valence-electron chi connectivity index (χ2n) is 5.64. The first-order valence-corrected chi connectivity index (χ1v) is 6.89. The van der Waals surface area contributed by atoms with Gasteiger partial charge in [0.25, 0.3) is 0 Å². The standard InChI is InChI=1S/C15H21N3O2/c1-10(2)8-18(9-14(16)19)15(20)13-7-11-5-3-4-6-12(11)17-13/h3-6,10,13,17H,7-9H2,1-2H3,(H2,16,19)/t13-/m0/s1. The highest BCUT2D eigenvalue weighted by Crippen LogP contribution is 2.26. The van der Waals surface area contributed by atoms with E-state index in [9.17, 15) is 9.59 Å². The van der Waals surface area contributed by atoms with Crippen LogP contribution >= 0.6 is 0 Å². The van der Waals surface area contributed by atoms with Crippen LogP contribution in [0.5, 0.6) is 0 Å². The van der Waals surface area contributed by atoms with Crippen molar-refractivity contribution in [2.75, 3.05) is 18.4 Å². The Hall–Kier alpha value is -2.04. The van der Waals surface area contributed by atoms with Crippen LogP contribution in [-0.4, -0.2) is 35.8 Å². The summed E-state index contributed by atoms with van der Waals surface area (Å²) in [6, 6.07) is 7.57. The van der Waals surface area contributed by atoms with Crippen molar-refractivity contribution in [2.24, 2.45) is 11.7 Å². The Kier molecular flexibility index (Phi) is 4.27. The summed E-state index contributed by atoms with van der Waals surface area (Å²) in [5, 5.41) is 3.22. The molecule has 5 heteroatoms. The number of nitrogens with zero attached hydrogens (tertiary/aromatic N) is 1. The van der Waals surface area contributed by atoms with Crippen LogP contribution in [0, 0.1) is 5.92 Å². The van der Waals surface area contributed by atoms with Gasteiger partial charge in [-0.05, 0) is 17.5 Å². The van der Waals surface area contributed by atoms with Crippen molar-refractivity contribution in [3.8, 4) is 0 Å². The third kappa shape index (κ3) is 3.29. The minimum absolute atomic E-state index is 0.0223. The maximum absolute atomic E-state index is 12.5. The Balaban J connectivity index is 2.07. The smallest absolute Gasteiger partial charge is 0.245 e. The lowest BCUT2D eigenvalue weighted by atomic mass is 10.1. The minimum atomic E-state index is -0.477. The number of fused-ring (bicyclic) bond motifs is 1. The molecule has 1 aliphatic rings. The first-order valence-electron chi connectivity index (χ1n) is 6.89. The van der Waals surface area contributed by atoms with Gasteiger partial charge < -0.3 is 16.0 Å². The topological polar surface area (TPSA) is 75.4 Å². The van der Waals surface area contributed by atoms with E-state index in [0.29, 0.717) is 18.9 Å². The van der Waals surface area contributed by atoms with Crippen LogP contribution in [0.2, 0.25) is 0 Å². The lowest BCUT2D eigenvalue weighted by Gasteiger charge is -2.26. The third-order valence-electron chi connectivity index (χ3n) is 3.31. The second kappa shape index (κ2) is 5.94. The van der Waals surface area contributed by atoms with Gasteiger partial charge in [0.15, 0.2) is 0 Å². The van der Waals surface area contributed by atoms with Gasteiger partial charge in [-0.2, -0.15) is 0 Å². The molecular formula is C15H21N3O2. The van der Waals surface area contributed by atoms with Crippen LogP contribution in [0.15, 0.2) is 24.3 Å². The number of hydrogen-bond donors (Lipinski definition) is 2. The summed E-state index contributed by atoms with van der Waals surface area (Å²) < 4.78 is 0. The summed E-state index contributed by atoms with van der Waals surface area (Å²) >= 11 is 0. The number of para-hydroxylation sites is 1. The SMILES string of the molecule is CC(C)CN(CC(N)=O)C(=O)[C@@H]1Cc2ccccc2N1. The number of carbonyl (C=O) groups is 2. The molecule has 1 aliphatic heterocycles. The molecule has 0 saturated carbocycles. The summed E-state index contributed by atoms with van der Waals surface area (Å²) in [7, 11) is 0. The number of benzene rings is 1. The average Bonchev–Trinajstić information content (AvgIpc) is 2.79. The van der Waals surface area contributed by atoms with E-state index >= 15 is 0 Å². The summed E-state index contributed by atoms with van der Waals surface area (Å²) in [4.78, 5) is 25.2. The fourth-order valence-electron chi connectivity index (χ4n) is 2.53. The largest absolute Gasteiger partial charge is 0.373 e. The summed E-state index contributed by atoms with van der Waals surface area (Å²) in [6.45, 7) is 4.54. The Morgan fingerprint density at radius 2 is 2.10 bits per heavy atom. The molecule has 0 bridgehead atoms. The van der Waals surface area contributed by atoms with E-state index in [0.717, 1.165) is 11.3 Å². The lowest BCUT2D eigenvalue weighted by Crippen LogP contribution is -2.47. The van der Waals surface area contributed by atoms with Gasteiger partial charge in [-0.15, -0.1) is 0 Å². The summed E-state index contributed by atoms with van der Waals surface area (Å²) in [5.74, 6) is -0.245. The first kappa shape index (κ1) is 14.4. The van der Waals surface area contributed by atoms with Crippen LogP contribution in [-0.2, 0) is 16.0 Å². The number of anilines is 1. The predicted octanol–water partition coefficient (Wildman–Crippen LogP) is 0.993. The van der Waals surface area contributed by atoms with Crippen LogP contribution in [0.25, 0.3) is 0 Å². The van der Waals surface area contributed by atoms with Gasteiger partial charge in [-0.1, -0.05) is 32.0 Å². The van der Waals surface area contributed by atoms with Crippen molar-refractivity contribution in [1.29, 1.82) is 0 Å². The molecule has 1 heterocycles. The van der Waals surface area contributed by atoms with Crippen molar-refractivity contribution >= 4 is 17.5 Å². The quantitative estimate of drug-likeness (QED) is 0.841. The van der Waals surface area contributed by atoms with Crippen LogP contribution in [0.4, 0.5) is 5.69 Å². The maximum atomic E-state index is 12.5. The predicted molar refractivity (Wildman–Crippen MR) is 78.2 cm³/mol. The van der Waals surface area contributed by atoms with Gasteiger partial charge in [-0.3, -0.25) is 9.59 Å². The van der Waals surface area contributed by atoms with E-state index in [1.54, 1.807) is 4.90 Å². The Labute approximate surface area is 119 Å². The van der Waals surface area contributed by atoms with Gasteiger partial charge in [0, 0.05) is 18.7 Å². The molecule has 20 heavy (non-hydrogen) atoms. The van der Waals surface area contributed by atoms with Crippen molar-refractivity contribution in [3.63, 3.8) is 0 Å². The van der Waals surface area contributed by atoms with Crippen molar-refractivity contribution in [1.82, 2.24) is 4.90 Å². The first-order chi connectivity index (χ1) is 9.47. The molecular weight excluding hydrogens is 254 g/mol. The molecule has 3 N–H and O–H groups in total. The van der Waals surface area contributed by atoms with E-state index in [1.807, 2.05) is 38.1 Å². The highest BCUT2D eigenvalue weighted by molar-refractivity contribution is 5.90. The molecule has 0 unspecified atom stereocenters. The number of nitrogens with two attached hydrogens (primary N) is 1. The van der Waals surface area contributed by atoms with E-state index in [4.69, 9.17) is 5.73 Å². The van der Waals surface area contributed by atoms with E-state index in [-0.39, 0.29) is 18.5 Å². The average molecular weight is 275 g/mol. The second-order valence-corrected chi connectivity index (χ2v) is 5.64. The minimum Gasteiger partial charge on any atom is -0.373 e. The normalized spacial score (nSPS) is 16.6. The van der Waals surface area contributed by atoms with Crippen LogP contribution < -0.4 is 11.1 Å². The number of nitrogens with one attached hydrogen (secondary N) is 1. The fourth-order valence-corrected chi connectivity index (χ4v) is 2.53. The number of hydrogen-bond acceptors (Lipinski definition) is 3. The van der Waals surface area contributed by atoms with E-state index in [1.165, 1.54) is 0 Å². The zero-order chi connectivity index (χ0) is 14.7. The molecule has 0 aliphatic carbocycles. The molecule has 0 aromatic heterocycles. The molecule has 1 aromatic carbocycles. The lowest BCUT2D eigenvalue weighted by molar-refractivity contribution is -0.136. The highest BCUT2D eigenvalue weighted by Gasteiger charge is 2.30. The van der Waals surface area contributed by atoms with E-state index in [2.05, 4.69) is 5.32 Å². The number of rotatable bonds is 5. The molecule has 0 radical (unpaired) electrons. The maximum Gasteiger partial charge on any atom is 0.245 e. The van der Waals surface area contributed by atoms with Gasteiger partial charge in [0.1, 0.15) is 6.04 Å². The van der Waals surface area contributed by atoms with Gasteiger partial charge >= 0.3 is 0 Å². The highest BCUT2D eigenvalue weighted by atomic mass is 16.2. The van der Waals surface area contributed by atoms with Crippen molar-refractivity contribution < 1.29 is 9.59 Å². The van der Waals surface area contributed by atoms with Crippen LogP contribution in [0.1, 0.15) is 19.4 Å². The van der Waals surface area contributed by atoms with Crippen molar-refractivity contribution in [2.45, 2.75) is 26.3 Å². The molecule has 0 saturated heterocycles. The summed E-state index contributed by atoms with van der Waals surface area (Å²) in [6.07, 6.45) is 0.655. The molecule has 2 amide bonds. The van der Waals surface area contributed by atoms with Crippen molar-refractivity contribution in [3.05, 3.63) is 29.8 Å². The Morgan fingerprint density at radius 3 is 2.70 bits per heavy atom. The molecule has 1 atom stereocenters. The molecule has 0 fully saturated rings. The molecule has 5 nitrogen and oxygen atoms in total. The fraction of sp³-hybridized carbons (Fsp3) is 0.467. The molecule has 0 spiro atoms. The Bertz CT molecular complexity index is 489. The number of amides is 2. The van der Waals surface area contributed by atoms with E-state index < -0.39 is 5.91 Å². The molecule has 1 aromatic rings. The zero-order valence-electron chi connectivity index (χ0n) is 11.9. The summed E-state index contributed by atoms with van der Waals surface area (Å²) in [5.41, 5.74) is 7.37. The molecule has 108 valence electrons. The monoisotopic (exact) mass is 275 g/mol. The Morgan fingerprint density at radius 1 is 1.40 bits per heavy atom. The number of primary amides is 1. The van der Waals surface area contributed by atoms with Crippen LogP contribution in [0.3, 0.4) is 0 Å². The van der Waals surface area contributed by atoms with Gasteiger partial charge in [0.05, 0.1) is 6.54 Å². The number of carbonyl (C=O) groups excluding carboxylic acids is 2. The van der Waals surface area contributed by atoms with Gasteiger partial charge in [-0.25, -0.2) is 0 Å².